The first-order valence-electron chi connectivity index (χ1n) is 11.6. The van der Waals surface area contributed by atoms with Crippen molar-refractivity contribution >= 4 is 5.78 Å². The molecule has 6 nitrogen and oxygen atoms in total. The summed E-state index contributed by atoms with van der Waals surface area (Å²) in [7, 11) is 0. The minimum atomic E-state index is -0.624. The highest BCUT2D eigenvalue weighted by Gasteiger charge is 2.25. The summed E-state index contributed by atoms with van der Waals surface area (Å²) in [5, 5.41) is 20.6. The van der Waals surface area contributed by atoms with Gasteiger partial charge in [-0.05, 0) is 55.7 Å². The first kappa shape index (κ1) is 24.8. The topological polar surface area (TPSA) is 92.3 Å². The van der Waals surface area contributed by atoms with Crippen LogP contribution in [0.4, 0.5) is 0 Å². The SMILES string of the molecule is CCCCCCOc1ccc(C(=O)c2c(C)c(C#N)c(=O)n(Cc3ccc(C)cc3)c2O)cc1. The Morgan fingerprint density at radius 3 is 2.32 bits per heavy atom. The van der Waals surface area contributed by atoms with E-state index in [1.165, 1.54) is 13.3 Å². The molecule has 0 saturated heterocycles. The Kier molecular flexibility index (Phi) is 8.26. The molecule has 176 valence electrons. The molecule has 0 spiro atoms. The van der Waals surface area contributed by atoms with Crippen molar-refractivity contribution in [3.05, 3.63) is 92.3 Å². The average Bonchev–Trinajstić information content (AvgIpc) is 2.83. The average molecular weight is 459 g/mol. The van der Waals surface area contributed by atoms with Crippen LogP contribution in [-0.2, 0) is 6.54 Å². The smallest absolute Gasteiger partial charge is 0.271 e. The monoisotopic (exact) mass is 458 g/mol. The fraction of sp³-hybridized carbons (Fsp3) is 0.321. The van der Waals surface area contributed by atoms with Gasteiger partial charge in [0.25, 0.3) is 5.56 Å². The Morgan fingerprint density at radius 1 is 1.03 bits per heavy atom. The second-order valence-electron chi connectivity index (χ2n) is 8.45. The summed E-state index contributed by atoms with van der Waals surface area (Å²) in [4.78, 5) is 26.2. The van der Waals surface area contributed by atoms with E-state index in [0.29, 0.717) is 17.9 Å². The van der Waals surface area contributed by atoms with E-state index in [-0.39, 0.29) is 23.2 Å². The van der Waals surface area contributed by atoms with E-state index in [4.69, 9.17) is 4.74 Å². The zero-order valence-corrected chi connectivity index (χ0v) is 19.9. The van der Waals surface area contributed by atoms with Gasteiger partial charge >= 0.3 is 0 Å². The van der Waals surface area contributed by atoms with Crippen LogP contribution in [0, 0.1) is 25.2 Å². The van der Waals surface area contributed by atoms with Gasteiger partial charge in [-0.2, -0.15) is 5.26 Å². The van der Waals surface area contributed by atoms with Gasteiger partial charge in [-0.15, -0.1) is 0 Å². The van der Waals surface area contributed by atoms with E-state index in [0.717, 1.165) is 35.0 Å². The maximum absolute atomic E-state index is 13.3. The first-order valence-corrected chi connectivity index (χ1v) is 11.6. The number of aryl methyl sites for hydroxylation is 1. The number of rotatable bonds is 10. The van der Waals surface area contributed by atoms with Crippen LogP contribution in [0.1, 0.15) is 70.8 Å². The summed E-state index contributed by atoms with van der Waals surface area (Å²) in [6.07, 6.45) is 4.43. The van der Waals surface area contributed by atoms with Gasteiger partial charge in [0.05, 0.1) is 18.7 Å². The summed E-state index contributed by atoms with van der Waals surface area (Å²) in [5.41, 5.74) is 1.52. The number of nitrogens with zero attached hydrogens (tertiary/aromatic N) is 2. The molecule has 0 fully saturated rings. The normalized spacial score (nSPS) is 10.6. The zero-order valence-electron chi connectivity index (χ0n) is 19.9. The lowest BCUT2D eigenvalue weighted by atomic mass is 9.97. The van der Waals surface area contributed by atoms with Crippen LogP contribution >= 0.6 is 0 Å². The van der Waals surface area contributed by atoms with Gasteiger partial charge in [0, 0.05) is 5.56 Å². The fourth-order valence-corrected chi connectivity index (χ4v) is 3.81. The minimum Gasteiger partial charge on any atom is -0.494 e. The van der Waals surface area contributed by atoms with E-state index >= 15 is 0 Å². The molecule has 0 bridgehead atoms. The van der Waals surface area contributed by atoms with Gasteiger partial charge in [0.15, 0.2) is 5.78 Å². The Balaban J connectivity index is 1.91. The van der Waals surface area contributed by atoms with E-state index < -0.39 is 17.2 Å². The van der Waals surface area contributed by atoms with Crippen molar-refractivity contribution in [2.45, 2.75) is 53.0 Å². The van der Waals surface area contributed by atoms with Crippen LogP contribution in [-0.4, -0.2) is 22.1 Å². The van der Waals surface area contributed by atoms with Gasteiger partial charge < -0.3 is 9.84 Å². The van der Waals surface area contributed by atoms with Crippen molar-refractivity contribution in [3.63, 3.8) is 0 Å². The number of hydrogen-bond acceptors (Lipinski definition) is 5. The minimum absolute atomic E-state index is 0.0449. The van der Waals surface area contributed by atoms with E-state index in [2.05, 4.69) is 6.92 Å². The Bertz CT molecular complexity index is 1250. The second kappa shape index (κ2) is 11.3. The van der Waals surface area contributed by atoms with Crippen molar-refractivity contribution in [2.24, 2.45) is 0 Å². The lowest BCUT2D eigenvalue weighted by Crippen LogP contribution is -2.27. The predicted octanol–water partition coefficient (Wildman–Crippen LogP) is 5.28. The van der Waals surface area contributed by atoms with Crippen molar-refractivity contribution < 1.29 is 14.6 Å². The fourth-order valence-electron chi connectivity index (χ4n) is 3.81. The molecule has 0 saturated carbocycles. The number of benzene rings is 2. The number of pyridine rings is 1. The van der Waals surface area contributed by atoms with Crippen LogP contribution in [0.25, 0.3) is 0 Å². The van der Waals surface area contributed by atoms with Crippen LogP contribution in [0.3, 0.4) is 0 Å². The molecule has 0 aliphatic heterocycles. The summed E-state index contributed by atoms with van der Waals surface area (Å²) >= 11 is 0. The lowest BCUT2D eigenvalue weighted by Gasteiger charge is -2.16. The van der Waals surface area contributed by atoms with E-state index in [1.54, 1.807) is 24.3 Å². The number of carbonyl (C=O) groups excluding carboxylic acids is 1. The molecule has 3 rings (SSSR count). The second-order valence-corrected chi connectivity index (χ2v) is 8.45. The maximum Gasteiger partial charge on any atom is 0.271 e. The molecule has 1 N–H and O–H groups in total. The van der Waals surface area contributed by atoms with Gasteiger partial charge in [-0.1, -0.05) is 56.0 Å². The molecular formula is C28H30N2O4. The van der Waals surface area contributed by atoms with Crippen LogP contribution < -0.4 is 10.3 Å². The number of hydrogen-bond donors (Lipinski definition) is 1. The summed E-state index contributed by atoms with van der Waals surface area (Å²) in [6.45, 7) is 6.28. The summed E-state index contributed by atoms with van der Waals surface area (Å²) in [5.74, 6) is -0.238. The Labute approximate surface area is 200 Å². The van der Waals surface area contributed by atoms with Crippen molar-refractivity contribution in [2.75, 3.05) is 6.61 Å². The van der Waals surface area contributed by atoms with Crippen LogP contribution in [0.5, 0.6) is 11.6 Å². The Morgan fingerprint density at radius 2 is 1.71 bits per heavy atom. The highest BCUT2D eigenvalue weighted by atomic mass is 16.5. The predicted molar refractivity (Wildman–Crippen MR) is 132 cm³/mol. The standard InChI is InChI=1S/C28H30N2O4/c1-4-5-6-7-16-34-23-14-12-22(13-15-23)26(31)25-20(3)24(17-29)27(32)30(28(25)33)18-21-10-8-19(2)9-11-21/h8-15,33H,4-7,16,18H2,1-3H3. The van der Waals surface area contributed by atoms with Crippen molar-refractivity contribution in [1.29, 1.82) is 5.26 Å². The molecule has 0 amide bonds. The highest BCUT2D eigenvalue weighted by Crippen LogP contribution is 2.26. The molecule has 0 radical (unpaired) electrons. The third kappa shape index (κ3) is 5.55. The number of unbranched alkanes of at least 4 members (excludes halogenated alkanes) is 3. The van der Waals surface area contributed by atoms with Crippen LogP contribution in [0.15, 0.2) is 53.3 Å². The van der Waals surface area contributed by atoms with E-state index in [1.807, 2.05) is 37.3 Å². The van der Waals surface area contributed by atoms with Gasteiger partial charge in [0.2, 0.25) is 5.88 Å². The first-order chi connectivity index (χ1) is 16.4. The number of ether oxygens (including phenoxy) is 1. The molecule has 0 atom stereocenters. The number of carbonyl (C=O) groups is 1. The van der Waals surface area contributed by atoms with Gasteiger partial charge in [-0.3, -0.25) is 14.2 Å². The van der Waals surface area contributed by atoms with Crippen molar-refractivity contribution in [3.8, 4) is 17.7 Å². The van der Waals surface area contributed by atoms with Gasteiger partial charge in [0.1, 0.15) is 17.4 Å². The third-order valence-corrected chi connectivity index (χ3v) is 5.87. The van der Waals surface area contributed by atoms with Crippen LogP contribution in [0.2, 0.25) is 0 Å². The number of aromatic nitrogens is 1. The largest absolute Gasteiger partial charge is 0.494 e. The lowest BCUT2D eigenvalue weighted by molar-refractivity contribution is 0.103. The third-order valence-electron chi connectivity index (χ3n) is 5.87. The zero-order chi connectivity index (χ0) is 24.7. The molecule has 1 heterocycles. The molecule has 3 aromatic rings. The molecule has 0 unspecified atom stereocenters. The molecule has 6 heteroatoms. The molecule has 1 aromatic heterocycles. The quantitative estimate of drug-likeness (QED) is 0.330. The van der Waals surface area contributed by atoms with E-state index in [9.17, 15) is 20.0 Å². The molecule has 2 aromatic carbocycles. The molecule has 34 heavy (non-hydrogen) atoms. The number of ketones is 1. The number of aromatic hydroxyl groups is 1. The highest BCUT2D eigenvalue weighted by molar-refractivity contribution is 6.11. The maximum atomic E-state index is 13.3. The Hall–Kier alpha value is -3.85. The summed E-state index contributed by atoms with van der Waals surface area (Å²) in [6, 6.07) is 16.1. The number of nitriles is 1. The van der Waals surface area contributed by atoms with Crippen molar-refractivity contribution in [1.82, 2.24) is 4.57 Å². The van der Waals surface area contributed by atoms with Gasteiger partial charge in [-0.25, -0.2) is 0 Å². The molecule has 0 aliphatic rings. The summed E-state index contributed by atoms with van der Waals surface area (Å²) < 4.78 is 6.82. The molecule has 0 aliphatic carbocycles. The molecular weight excluding hydrogens is 428 g/mol.